The van der Waals surface area contributed by atoms with Gasteiger partial charge in [-0.3, -0.25) is 0 Å². The molecule has 0 aromatic heterocycles. The van der Waals surface area contributed by atoms with E-state index in [9.17, 15) is 9.90 Å². The molecular formula is C7H5ClMgO3. The Morgan fingerprint density at radius 3 is 2.17 bits per heavy atom. The van der Waals surface area contributed by atoms with E-state index < -0.39 is 5.97 Å². The fourth-order valence-corrected chi connectivity index (χ4v) is 0.646. The molecule has 1 N–H and O–H groups in total. The first-order valence-electron chi connectivity index (χ1n) is 2.71. The smallest absolute Gasteiger partial charge is 1.00 e. The van der Waals surface area contributed by atoms with Crippen molar-refractivity contribution in [1.29, 1.82) is 0 Å². The number of carboxylic acids is 1. The maximum Gasteiger partial charge on any atom is 2.00 e. The van der Waals surface area contributed by atoms with Gasteiger partial charge >= 0.3 is 23.1 Å². The maximum absolute atomic E-state index is 10.2. The van der Waals surface area contributed by atoms with E-state index in [0.717, 1.165) is 0 Å². The van der Waals surface area contributed by atoms with Crippen LogP contribution >= 0.6 is 0 Å². The van der Waals surface area contributed by atoms with Crippen molar-refractivity contribution in [3.8, 4) is 5.75 Å². The molecule has 0 spiro atoms. The van der Waals surface area contributed by atoms with Crippen LogP contribution in [0.5, 0.6) is 5.75 Å². The molecule has 1 aromatic carbocycles. The minimum atomic E-state index is -1.36. The summed E-state index contributed by atoms with van der Waals surface area (Å²) in [5.41, 5.74) is -0.178. The van der Waals surface area contributed by atoms with Gasteiger partial charge in [0.05, 0.1) is 5.97 Å². The first kappa shape index (κ1) is 14.1. The van der Waals surface area contributed by atoms with Gasteiger partial charge in [-0.1, -0.05) is 12.1 Å². The summed E-state index contributed by atoms with van der Waals surface area (Å²) >= 11 is 0. The van der Waals surface area contributed by atoms with Gasteiger partial charge in [0.1, 0.15) is 5.75 Å². The number of carbonyl (C=O) groups excluding carboxylic acids is 1. The van der Waals surface area contributed by atoms with Crippen molar-refractivity contribution in [2.24, 2.45) is 0 Å². The topological polar surface area (TPSA) is 60.4 Å². The number of aromatic hydroxyl groups is 1. The molecule has 0 aliphatic carbocycles. The molecule has 0 aliphatic heterocycles. The number of rotatable bonds is 1. The largest absolute Gasteiger partial charge is 2.00 e. The predicted molar refractivity (Wildman–Crippen MR) is 38.2 cm³/mol. The van der Waals surface area contributed by atoms with E-state index >= 15 is 0 Å². The molecule has 0 saturated heterocycles. The van der Waals surface area contributed by atoms with Crippen LogP contribution in [0.4, 0.5) is 0 Å². The zero-order valence-electron chi connectivity index (χ0n) is 6.16. The van der Waals surface area contributed by atoms with E-state index in [1.807, 2.05) is 0 Å². The summed E-state index contributed by atoms with van der Waals surface area (Å²) in [7, 11) is 0. The van der Waals surface area contributed by atoms with Crippen molar-refractivity contribution in [3.63, 3.8) is 0 Å². The molecule has 0 radical (unpaired) electrons. The maximum atomic E-state index is 10.2. The van der Waals surface area contributed by atoms with Crippen molar-refractivity contribution in [2.45, 2.75) is 0 Å². The van der Waals surface area contributed by atoms with Crippen molar-refractivity contribution in [2.75, 3.05) is 0 Å². The van der Waals surface area contributed by atoms with Gasteiger partial charge < -0.3 is 27.4 Å². The zero-order chi connectivity index (χ0) is 7.56. The summed E-state index contributed by atoms with van der Waals surface area (Å²) in [4.78, 5) is 10.2. The first-order chi connectivity index (χ1) is 4.72. The fraction of sp³-hybridized carbons (Fsp3) is 0. The Balaban J connectivity index is 0. The van der Waals surface area contributed by atoms with Crippen molar-refractivity contribution < 1.29 is 27.4 Å². The van der Waals surface area contributed by atoms with E-state index in [0.29, 0.717) is 0 Å². The molecule has 12 heavy (non-hydrogen) atoms. The molecule has 3 nitrogen and oxygen atoms in total. The van der Waals surface area contributed by atoms with Gasteiger partial charge in [-0.2, -0.15) is 0 Å². The first-order valence-corrected chi connectivity index (χ1v) is 2.71. The van der Waals surface area contributed by atoms with Crippen molar-refractivity contribution >= 4 is 29.0 Å². The van der Waals surface area contributed by atoms with Crippen LogP contribution < -0.4 is 17.5 Å². The Labute approximate surface area is 92.0 Å². The minimum absolute atomic E-state index is 0. The van der Waals surface area contributed by atoms with E-state index in [1.54, 1.807) is 6.07 Å². The second-order valence-corrected chi connectivity index (χ2v) is 1.80. The standard InChI is InChI=1S/C7H6O3.ClH.Mg/c8-6-4-2-1-3-5(6)7(9)10;;/h1-4,8H,(H,9,10);1H;/q;;+2/p-2. The number of hydrogen-bond donors (Lipinski definition) is 1. The van der Waals surface area contributed by atoms with Gasteiger partial charge in [-0.25, -0.2) is 0 Å². The van der Waals surface area contributed by atoms with E-state index in [2.05, 4.69) is 0 Å². The molecule has 0 aliphatic rings. The molecule has 5 heteroatoms. The number of aromatic carboxylic acids is 1. The molecule has 1 aromatic rings. The van der Waals surface area contributed by atoms with Gasteiger partial charge in [-0.15, -0.1) is 0 Å². The molecule has 1 rings (SSSR count). The third-order valence-electron chi connectivity index (χ3n) is 1.12. The number of carbonyl (C=O) groups is 1. The molecule has 0 unspecified atom stereocenters. The summed E-state index contributed by atoms with van der Waals surface area (Å²) < 4.78 is 0. The zero-order valence-corrected chi connectivity index (χ0v) is 8.33. The second kappa shape index (κ2) is 6.11. The summed E-state index contributed by atoms with van der Waals surface area (Å²) in [5, 5.41) is 19.0. The summed E-state index contributed by atoms with van der Waals surface area (Å²) in [6, 6.07) is 5.64. The van der Waals surface area contributed by atoms with Crippen LogP contribution in [0.25, 0.3) is 0 Å². The number of phenols is 1. The molecule has 0 atom stereocenters. The van der Waals surface area contributed by atoms with E-state index in [-0.39, 0.29) is 46.8 Å². The molecule has 0 amide bonds. The van der Waals surface area contributed by atoms with Crippen LogP contribution in [0.3, 0.4) is 0 Å². The minimum Gasteiger partial charge on any atom is -1.00 e. The van der Waals surface area contributed by atoms with Crippen LogP contribution in [0.2, 0.25) is 0 Å². The predicted octanol–water partition coefficient (Wildman–Crippen LogP) is -3.62. The molecule has 0 saturated carbocycles. The Hall–Kier alpha value is -0.454. The monoisotopic (exact) mass is 196 g/mol. The number of hydrogen-bond acceptors (Lipinski definition) is 3. The summed E-state index contributed by atoms with van der Waals surface area (Å²) in [6.45, 7) is 0. The fourth-order valence-electron chi connectivity index (χ4n) is 0.646. The SMILES string of the molecule is O=C([O-])c1ccccc1O.[Cl-].[Mg+2]. The van der Waals surface area contributed by atoms with Gasteiger partial charge in [0.2, 0.25) is 0 Å². The molecule has 0 fully saturated rings. The third kappa shape index (κ3) is 3.30. The Morgan fingerprint density at radius 2 is 1.83 bits per heavy atom. The molecule has 60 valence electrons. The molecule has 0 heterocycles. The average molecular weight is 197 g/mol. The van der Waals surface area contributed by atoms with Crippen LogP contribution in [-0.4, -0.2) is 34.1 Å². The summed E-state index contributed by atoms with van der Waals surface area (Å²) in [5.74, 6) is -1.62. The Bertz CT molecular complexity index is 265. The van der Waals surface area contributed by atoms with Gasteiger partial charge in [0, 0.05) is 5.56 Å². The molecular weight excluding hydrogens is 192 g/mol. The number of benzene rings is 1. The van der Waals surface area contributed by atoms with Crippen molar-refractivity contribution in [1.82, 2.24) is 0 Å². The number of carboxylic acid groups (broad SMARTS) is 1. The second-order valence-electron chi connectivity index (χ2n) is 1.80. The Kier molecular flexibility index (Phi) is 7.17. The van der Waals surface area contributed by atoms with Gasteiger partial charge in [0.15, 0.2) is 0 Å². The van der Waals surface area contributed by atoms with Gasteiger partial charge in [0.25, 0.3) is 0 Å². The van der Waals surface area contributed by atoms with Crippen LogP contribution in [0.1, 0.15) is 10.4 Å². The normalized spacial score (nSPS) is 7.67. The van der Waals surface area contributed by atoms with Crippen molar-refractivity contribution in [3.05, 3.63) is 29.8 Å². The van der Waals surface area contributed by atoms with Crippen LogP contribution in [0, 0.1) is 0 Å². The quantitative estimate of drug-likeness (QED) is 0.472. The van der Waals surface area contributed by atoms with Gasteiger partial charge in [-0.05, 0) is 12.1 Å². The summed E-state index contributed by atoms with van der Waals surface area (Å²) in [6.07, 6.45) is 0. The average Bonchev–Trinajstić information content (AvgIpc) is 1.88. The van der Waals surface area contributed by atoms with Crippen LogP contribution in [0.15, 0.2) is 24.3 Å². The number of halogens is 1. The van der Waals surface area contributed by atoms with Crippen LogP contribution in [-0.2, 0) is 0 Å². The third-order valence-corrected chi connectivity index (χ3v) is 1.12. The Morgan fingerprint density at radius 1 is 1.33 bits per heavy atom. The van der Waals surface area contributed by atoms with E-state index in [1.165, 1.54) is 18.2 Å². The molecule has 0 bridgehead atoms. The number of para-hydroxylation sites is 1. The van der Waals surface area contributed by atoms with E-state index in [4.69, 9.17) is 5.11 Å².